The molecule has 1 aliphatic rings. The zero-order valence-corrected chi connectivity index (χ0v) is 10.7. The predicted molar refractivity (Wildman–Crippen MR) is 69.8 cm³/mol. The van der Waals surface area contributed by atoms with E-state index >= 15 is 0 Å². The van der Waals surface area contributed by atoms with Gasteiger partial charge in [0.15, 0.2) is 0 Å². The molecule has 0 aromatic heterocycles. The quantitative estimate of drug-likeness (QED) is 0.808. The van der Waals surface area contributed by atoms with Crippen molar-refractivity contribution in [1.82, 2.24) is 10.2 Å². The van der Waals surface area contributed by atoms with Crippen LogP contribution in [-0.4, -0.2) is 41.3 Å². The maximum Gasteiger partial charge on any atom is 0.0869 e. The molecule has 94 valence electrons. The summed E-state index contributed by atoms with van der Waals surface area (Å²) in [6.45, 7) is 7.34. The van der Waals surface area contributed by atoms with Crippen LogP contribution in [0.1, 0.15) is 19.4 Å². The smallest absolute Gasteiger partial charge is 0.0869 e. The Morgan fingerprint density at radius 3 is 2.82 bits per heavy atom. The molecule has 3 nitrogen and oxygen atoms in total. The summed E-state index contributed by atoms with van der Waals surface area (Å²) < 4.78 is 0. The van der Waals surface area contributed by atoms with Gasteiger partial charge < -0.3 is 10.4 Å². The first-order valence-electron chi connectivity index (χ1n) is 6.27. The van der Waals surface area contributed by atoms with Crippen LogP contribution in [0.2, 0.25) is 0 Å². The van der Waals surface area contributed by atoms with Crippen LogP contribution >= 0.6 is 0 Å². The second kappa shape index (κ2) is 5.17. The second-order valence-electron chi connectivity index (χ2n) is 5.43. The SMILES string of the molecule is CC1CN(Cc2ccccc2)CC(C)(O)CN1. The normalized spacial score (nSPS) is 31.1. The van der Waals surface area contributed by atoms with Gasteiger partial charge in [-0.2, -0.15) is 0 Å². The van der Waals surface area contributed by atoms with Crippen molar-refractivity contribution in [3.8, 4) is 0 Å². The zero-order valence-electron chi connectivity index (χ0n) is 10.7. The molecular weight excluding hydrogens is 212 g/mol. The van der Waals surface area contributed by atoms with Crippen molar-refractivity contribution >= 4 is 0 Å². The Labute approximate surface area is 103 Å². The Kier molecular flexibility index (Phi) is 3.82. The van der Waals surface area contributed by atoms with Crippen LogP contribution in [0.4, 0.5) is 0 Å². The molecule has 1 aromatic carbocycles. The molecular formula is C14H22N2O. The molecule has 1 heterocycles. The first kappa shape index (κ1) is 12.6. The summed E-state index contributed by atoms with van der Waals surface area (Å²) in [4.78, 5) is 2.32. The second-order valence-corrected chi connectivity index (χ2v) is 5.43. The van der Waals surface area contributed by atoms with Gasteiger partial charge in [-0.1, -0.05) is 30.3 Å². The maximum atomic E-state index is 10.2. The van der Waals surface area contributed by atoms with E-state index in [0.717, 1.165) is 19.6 Å². The van der Waals surface area contributed by atoms with Crippen molar-refractivity contribution in [2.24, 2.45) is 0 Å². The predicted octanol–water partition coefficient (Wildman–Crippen LogP) is 1.23. The fourth-order valence-electron chi connectivity index (χ4n) is 2.41. The van der Waals surface area contributed by atoms with E-state index in [0.29, 0.717) is 12.6 Å². The Morgan fingerprint density at radius 2 is 2.12 bits per heavy atom. The van der Waals surface area contributed by atoms with Gasteiger partial charge in [-0.25, -0.2) is 0 Å². The summed E-state index contributed by atoms with van der Waals surface area (Å²) in [6, 6.07) is 10.9. The van der Waals surface area contributed by atoms with Crippen molar-refractivity contribution in [3.63, 3.8) is 0 Å². The molecule has 0 amide bonds. The van der Waals surface area contributed by atoms with E-state index < -0.39 is 5.60 Å². The van der Waals surface area contributed by atoms with Gasteiger partial charge in [0.1, 0.15) is 0 Å². The van der Waals surface area contributed by atoms with Gasteiger partial charge in [-0.05, 0) is 19.4 Å². The van der Waals surface area contributed by atoms with Crippen LogP contribution in [0.15, 0.2) is 30.3 Å². The summed E-state index contributed by atoms with van der Waals surface area (Å²) in [6.07, 6.45) is 0. The fraction of sp³-hybridized carbons (Fsp3) is 0.571. The highest BCUT2D eigenvalue weighted by atomic mass is 16.3. The number of aliphatic hydroxyl groups is 1. The fourth-order valence-corrected chi connectivity index (χ4v) is 2.41. The molecule has 1 fully saturated rings. The lowest BCUT2D eigenvalue weighted by Crippen LogP contribution is -2.43. The van der Waals surface area contributed by atoms with Gasteiger partial charge >= 0.3 is 0 Å². The van der Waals surface area contributed by atoms with E-state index in [2.05, 4.69) is 41.4 Å². The minimum atomic E-state index is -0.639. The number of rotatable bonds is 2. The Hall–Kier alpha value is -0.900. The summed E-state index contributed by atoms with van der Waals surface area (Å²) in [5.41, 5.74) is 0.664. The molecule has 1 saturated heterocycles. The largest absolute Gasteiger partial charge is 0.388 e. The van der Waals surface area contributed by atoms with Crippen molar-refractivity contribution in [2.45, 2.75) is 32.0 Å². The van der Waals surface area contributed by atoms with Gasteiger partial charge in [-0.3, -0.25) is 4.90 Å². The number of benzene rings is 1. The third-order valence-electron chi connectivity index (χ3n) is 3.18. The topological polar surface area (TPSA) is 35.5 Å². The lowest BCUT2D eigenvalue weighted by atomic mass is 10.1. The number of nitrogens with zero attached hydrogens (tertiary/aromatic N) is 1. The molecule has 17 heavy (non-hydrogen) atoms. The average Bonchev–Trinajstić information content (AvgIpc) is 2.39. The van der Waals surface area contributed by atoms with Crippen molar-refractivity contribution < 1.29 is 5.11 Å². The molecule has 3 heteroatoms. The van der Waals surface area contributed by atoms with Gasteiger partial charge in [0.2, 0.25) is 0 Å². The molecule has 1 aromatic rings. The highest BCUT2D eigenvalue weighted by molar-refractivity contribution is 5.14. The highest BCUT2D eigenvalue weighted by Gasteiger charge is 2.28. The monoisotopic (exact) mass is 234 g/mol. The Morgan fingerprint density at radius 1 is 1.41 bits per heavy atom. The molecule has 0 bridgehead atoms. The summed E-state index contributed by atoms with van der Waals surface area (Å²) >= 11 is 0. The van der Waals surface area contributed by atoms with Crippen LogP contribution in [-0.2, 0) is 6.54 Å². The van der Waals surface area contributed by atoms with Crippen LogP contribution in [0, 0.1) is 0 Å². The third-order valence-corrected chi connectivity index (χ3v) is 3.18. The number of nitrogens with one attached hydrogen (secondary N) is 1. The van der Waals surface area contributed by atoms with Gasteiger partial charge in [0.25, 0.3) is 0 Å². The van der Waals surface area contributed by atoms with Crippen LogP contribution in [0.5, 0.6) is 0 Å². The maximum absolute atomic E-state index is 10.2. The molecule has 1 aliphatic heterocycles. The van der Waals surface area contributed by atoms with Gasteiger partial charge in [-0.15, -0.1) is 0 Å². The Bertz CT molecular complexity index is 350. The summed E-state index contributed by atoms with van der Waals surface area (Å²) in [7, 11) is 0. The molecule has 0 spiro atoms. The van der Waals surface area contributed by atoms with Crippen molar-refractivity contribution in [1.29, 1.82) is 0 Å². The summed E-state index contributed by atoms with van der Waals surface area (Å²) in [5.74, 6) is 0. The van der Waals surface area contributed by atoms with Gasteiger partial charge in [0.05, 0.1) is 5.60 Å². The van der Waals surface area contributed by atoms with Crippen molar-refractivity contribution in [3.05, 3.63) is 35.9 Å². The van der Waals surface area contributed by atoms with Crippen LogP contribution in [0.3, 0.4) is 0 Å². The highest BCUT2D eigenvalue weighted by Crippen LogP contribution is 2.13. The first-order valence-corrected chi connectivity index (χ1v) is 6.27. The Balaban J connectivity index is 2.03. The zero-order chi connectivity index (χ0) is 12.3. The number of hydrogen-bond acceptors (Lipinski definition) is 3. The van der Waals surface area contributed by atoms with E-state index in [9.17, 15) is 5.11 Å². The minimum Gasteiger partial charge on any atom is -0.388 e. The van der Waals surface area contributed by atoms with E-state index in [1.54, 1.807) is 0 Å². The lowest BCUT2D eigenvalue weighted by molar-refractivity contribution is 0.0321. The van der Waals surface area contributed by atoms with Gasteiger partial charge in [0, 0.05) is 32.2 Å². The third kappa shape index (κ3) is 3.80. The van der Waals surface area contributed by atoms with E-state index in [1.165, 1.54) is 5.56 Å². The number of β-amino-alcohol motifs (C(OH)–C–C–N with tert-alkyl or cyclic N) is 1. The molecule has 0 radical (unpaired) electrons. The van der Waals surface area contributed by atoms with Crippen LogP contribution in [0.25, 0.3) is 0 Å². The molecule has 0 aliphatic carbocycles. The first-order chi connectivity index (χ1) is 8.05. The van der Waals surface area contributed by atoms with Crippen molar-refractivity contribution in [2.75, 3.05) is 19.6 Å². The molecule has 2 atom stereocenters. The molecule has 2 unspecified atom stereocenters. The number of hydrogen-bond donors (Lipinski definition) is 2. The summed E-state index contributed by atoms with van der Waals surface area (Å²) in [5, 5.41) is 13.6. The molecule has 2 N–H and O–H groups in total. The standard InChI is InChI=1S/C14H22N2O/c1-12-8-16(11-14(2,17)10-15-12)9-13-6-4-3-5-7-13/h3-7,12,15,17H,8-11H2,1-2H3. The molecule has 0 saturated carbocycles. The van der Waals surface area contributed by atoms with E-state index in [-0.39, 0.29) is 0 Å². The van der Waals surface area contributed by atoms with E-state index in [1.807, 2.05) is 13.0 Å². The van der Waals surface area contributed by atoms with Crippen LogP contribution < -0.4 is 5.32 Å². The molecule has 2 rings (SSSR count). The lowest BCUT2D eigenvalue weighted by Gasteiger charge is -2.28. The minimum absolute atomic E-state index is 0.424. The van der Waals surface area contributed by atoms with E-state index in [4.69, 9.17) is 0 Å². The average molecular weight is 234 g/mol.